The lowest BCUT2D eigenvalue weighted by molar-refractivity contribution is -0.145. The van der Waals surface area contributed by atoms with Crippen molar-refractivity contribution in [1.82, 2.24) is 0 Å². The van der Waals surface area contributed by atoms with Gasteiger partial charge in [-0.25, -0.2) is 4.39 Å². The number of carboxylic acids is 1. The third-order valence-electron chi connectivity index (χ3n) is 4.40. The van der Waals surface area contributed by atoms with E-state index in [1.165, 1.54) is 13.2 Å². The Labute approximate surface area is 118 Å². The molecule has 0 radical (unpaired) electrons. The van der Waals surface area contributed by atoms with Crippen molar-refractivity contribution >= 4 is 5.97 Å². The van der Waals surface area contributed by atoms with Gasteiger partial charge < -0.3 is 9.84 Å². The summed E-state index contributed by atoms with van der Waals surface area (Å²) in [6.07, 6.45) is 4.43. The van der Waals surface area contributed by atoms with Crippen LogP contribution < -0.4 is 4.74 Å². The summed E-state index contributed by atoms with van der Waals surface area (Å²) in [7, 11) is 1.49. The van der Waals surface area contributed by atoms with E-state index in [2.05, 4.69) is 0 Å². The Balaban J connectivity index is 2.54. The Morgan fingerprint density at radius 3 is 2.50 bits per heavy atom. The van der Waals surface area contributed by atoms with Gasteiger partial charge in [-0.1, -0.05) is 26.2 Å². The van der Waals surface area contributed by atoms with Crippen LogP contribution in [-0.4, -0.2) is 18.2 Å². The first-order valence-electron chi connectivity index (χ1n) is 7.15. The average Bonchev–Trinajstić information content (AvgIpc) is 2.46. The third-order valence-corrected chi connectivity index (χ3v) is 4.40. The summed E-state index contributed by atoms with van der Waals surface area (Å²) in [5, 5.41) is 9.66. The summed E-state index contributed by atoms with van der Waals surface area (Å²) in [4.78, 5) is 11.8. The second kappa shape index (κ2) is 5.81. The summed E-state index contributed by atoms with van der Waals surface area (Å²) in [6.45, 7) is 1.86. The molecule has 4 heteroatoms. The maximum atomic E-state index is 14.2. The predicted molar refractivity (Wildman–Crippen MR) is 74.7 cm³/mol. The van der Waals surface area contributed by atoms with Crippen molar-refractivity contribution in [3.63, 3.8) is 0 Å². The van der Waals surface area contributed by atoms with Crippen LogP contribution >= 0.6 is 0 Å². The van der Waals surface area contributed by atoms with E-state index in [4.69, 9.17) is 4.74 Å². The molecule has 3 nitrogen and oxygen atoms in total. The van der Waals surface area contributed by atoms with Gasteiger partial charge in [0.2, 0.25) is 0 Å². The number of rotatable bonds is 4. The molecular weight excluding hydrogens is 259 g/mol. The first-order valence-corrected chi connectivity index (χ1v) is 7.15. The predicted octanol–water partition coefficient (Wildman–Crippen LogP) is 3.68. The van der Waals surface area contributed by atoms with Crippen LogP contribution in [0.4, 0.5) is 4.39 Å². The van der Waals surface area contributed by atoms with Gasteiger partial charge in [-0.05, 0) is 37.0 Å². The fraction of sp³-hybridized carbons (Fsp3) is 0.562. The number of carboxylic acid groups (broad SMARTS) is 1. The van der Waals surface area contributed by atoms with Gasteiger partial charge in [0.15, 0.2) is 0 Å². The molecular formula is C16H21FO3. The van der Waals surface area contributed by atoms with Gasteiger partial charge in [0.25, 0.3) is 0 Å². The molecule has 20 heavy (non-hydrogen) atoms. The molecule has 110 valence electrons. The van der Waals surface area contributed by atoms with Crippen molar-refractivity contribution in [2.24, 2.45) is 0 Å². The molecule has 1 aromatic carbocycles. The summed E-state index contributed by atoms with van der Waals surface area (Å²) < 4.78 is 19.5. The van der Waals surface area contributed by atoms with Crippen LogP contribution in [0.1, 0.15) is 50.2 Å². The Kier molecular flexibility index (Phi) is 4.31. The van der Waals surface area contributed by atoms with E-state index in [9.17, 15) is 14.3 Å². The van der Waals surface area contributed by atoms with Crippen molar-refractivity contribution in [1.29, 1.82) is 0 Å². The first kappa shape index (κ1) is 14.8. The number of carbonyl (C=O) groups is 1. The number of hydrogen-bond donors (Lipinski definition) is 1. The standard InChI is InChI=1S/C16H21FO3/c1-3-12-13(17)9-11(10-14(12)20-2)16(15(18)19)7-5-4-6-8-16/h9-10H,3-8H2,1-2H3,(H,18,19). The lowest BCUT2D eigenvalue weighted by Crippen LogP contribution is -2.38. The van der Waals surface area contributed by atoms with E-state index in [1.54, 1.807) is 6.07 Å². The molecule has 0 atom stereocenters. The molecule has 1 N–H and O–H groups in total. The molecule has 1 aromatic rings. The van der Waals surface area contributed by atoms with Crippen molar-refractivity contribution in [3.8, 4) is 5.75 Å². The average molecular weight is 280 g/mol. The Morgan fingerprint density at radius 1 is 1.35 bits per heavy atom. The van der Waals surface area contributed by atoms with Gasteiger partial charge in [-0.15, -0.1) is 0 Å². The van der Waals surface area contributed by atoms with Crippen LogP contribution in [0.3, 0.4) is 0 Å². The van der Waals surface area contributed by atoms with Crippen molar-refractivity contribution in [3.05, 3.63) is 29.1 Å². The van der Waals surface area contributed by atoms with Crippen LogP contribution in [0.25, 0.3) is 0 Å². The first-order chi connectivity index (χ1) is 9.55. The third kappa shape index (κ3) is 2.39. The second-order valence-corrected chi connectivity index (χ2v) is 5.44. The fourth-order valence-electron chi connectivity index (χ4n) is 3.19. The van der Waals surface area contributed by atoms with Crippen molar-refractivity contribution in [2.75, 3.05) is 7.11 Å². The SMILES string of the molecule is CCc1c(F)cc(C2(C(=O)O)CCCCC2)cc1OC. The highest BCUT2D eigenvalue weighted by Gasteiger charge is 2.42. The smallest absolute Gasteiger partial charge is 0.314 e. The quantitative estimate of drug-likeness (QED) is 0.915. The molecule has 0 unspecified atom stereocenters. The number of ether oxygens (including phenoxy) is 1. The molecule has 1 fully saturated rings. The highest BCUT2D eigenvalue weighted by Crippen LogP contribution is 2.42. The molecule has 0 aliphatic heterocycles. The molecule has 1 aliphatic carbocycles. The monoisotopic (exact) mass is 280 g/mol. The highest BCUT2D eigenvalue weighted by atomic mass is 19.1. The number of hydrogen-bond acceptors (Lipinski definition) is 2. The number of halogens is 1. The van der Waals surface area contributed by atoms with Gasteiger partial charge >= 0.3 is 5.97 Å². The molecule has 2 rings (SSSR count). The summed E-state index contributed by atoms with van der Waals surface area (Å²) >= 11 is 0. The molecule has 0 bridgehead atoms. The molecule has 0 saturated heterocycles. The molecule has 1 saturated carbocycles. The van der Waals surface area contributed by atoms with Gasteiger partial charge in [0.05, 0.1) is 12.5 Å². The van der Waals surface area contributed by atoms with Gasteiger partial charge in [0.1, 0.15) is 11.6 Å². The minimum atomic E-state index is -0.960. The molecule has 0 amide bonds. The minimum absolute atomic E-state index is 0.368. The van der Waals surface area contributed by atoms with E-state index in [1.807, 2.05) is 6.92 Å². The Bertz CT molecular complexity index is 505. The molecule has 1 aliphatic rings. The summed E-state index contributed by atoms with van der Waals surface area (Å²) in [5.41, 5.74) is 0.0855. The number of methoxy groups -OCH3 is 1. The van der Waals surface area contributed by atoms with Crippen molar-refractivity contribution < 1.29 is 19.0 Å². The zero-order valence-corrected chi connectivity index (χ0v) is 12.0. The van der Waals surface area contributed by atoms with Gasteiger partial charge in [0, 0.05) is 5.56 Å². The maximum absolute atomic E-state index is 14.2. The van der Waals surface area contributed by atoms with E-state index in [0.29, 0.717) is 36.1 Å². The fourth-order valence-corrected chi connectivity index (χ4v) is 3.19. The topological polar surface area (TPSA) is 46.5 Å². The zero-order chi connectivity index (χ0) is 14.8. The van der Waals surface area contributed by atoms with Crippen molar-refractivity contribution in [2.45, 2.75) is 50.9 Å². The summed E-state index contributed by atoms with van der Waals surface area (Å²) in [6, 6.07) is 3.10. The molecule has 0 spiro atoms. The number of benzene rings is 1. The highest BCUT2D eigenvalue weighted by molar-refractivity contribution is 5.81. The molecule has 0 aromatic heterocycles. The lowest BCUT2D eigenvalue weighted by Gasteiger charge is -2.34. The van der Waals surface area contributed by atoms with E-state index in [-0.39, 0.29) is 5.82 Å². The maximum Gasteiger partial charge on any atom is 0.314 e. The van der Waals surface area contributed by atoms with Gasteiger partial charge in [-0.2, -0.15) is 0 Å². The summed E-state index contributed by atoms with van der Waals surface area (Å²) in [5.74, 6) is -0.773. The largest absolute Gasteiger partial charge is 0.496 e. The minimum Gasteiger partial charge on any atom is -0.496 e. The Hall–Kier alpha value is -1.58. The van der Waals surface area contributed by atoms with E-state index in [0.717, 1.165) is 19.3 Å². The normalized spacial score (nSPS) is 17.8. The Morgan fingerprint density at radius 2 is 2.00 bits per heavy atom. The van der Waals surface area contributed by atoms with Crippen LogP contribution in [0.2, 0.25) is 0 Å². The van der Waals surface area contributed by atoms with Crippen LogP contribution in [0.5, 0.6) is 5.75 Å². The van der Waals surface area contributed by atoms with E-state index < -0.39 is 11.4 Å². The van der Waals surface area contributed by atoms with Crippen LogP contribution in [0, 0.1) is 5.82 Å². The van der Waals surface area contributed by atoms with Crippen LogP contribution in [0.15, 0.2) is 12.1 Å². The van der Waals surface area contributed by atoms with Gasteiger partial charge in [-0.3, -0.25) is 4.79 Å². The van der Waals surface area contributed by atoms with E-state index >= 15 is 0 Å². The zero-order valence-electron chi connectivity index (χ0n) is 12.0. The molecule has 0 heterocycles. The van der Waals surface area contributed by atoms with Crippen LogP contribution in [-0.2, 0) is 16.6 Å². The second-order valence-electron chi connectivity index (χ2n) is 5.44. The number of aliphatic carboxylic acids is 1. The lowest BCUT2D eigenvalue weighted by atomic mass is 9.69.